The minimum Gasteiger partial charge on any atom is -0.477 e. The third-order valence-corrected chi connectivity index (χ3v) is 2.79. The molecule has 0 fully saturated rings. The van der Waals surface area contributed by atoms with Crippen LogP contribution in [0, 0.1) is 0 Å². The molecule has 0 radical (unpaired) electrons. The molecule has 1 rings (SSSR count). The standard InChI is InChI=1S/C14H22F3N3O/c1-3-6-11-12(18-8-4-2)19-10-20-13(11)21-9-5-7-14(15,16)17/h10H,3-9H2,1-2H3,(H,18,19,20). The SMILES string of the molecule is CCCNc1ncnc(OCCCC(F)(F)F)c1CCC. The Morgan fingerprint density at radius 1 is 1.19 bits per heavy atom. The number of halogens is 3. The highest BCUT2D eigenvalue weighted by atomic mass is 19.4. The summed E-state index contributed by atoms with van der Waals surface area (Å²) in [5.41, 5.74) is 0.834. The van der Waals surface area contributed by atoms with Crippen LogP contribution in [0.1, 0.15) is 45.1 Å². The zero-order valence-electron chi connectivity index (χ0n) is 12.5. The topological polar surface area (TPSA) is 47.0 Å². The molecule has 0 bridgehead atoms. The van der Waals surface area contributed by atoms with E-state index in [2.05, 4.69) is 15.3 Å². The van der Waals surface area contributed by atoms with Crippen molar-refractivity contribution in [2.75, 3.05) is 18.5 Å². The molecule has 0 aliphatic heterocycles. The average Bonchev–Trinajstić information content (AvgIpc) is 2.42. The Morgan fingerprint density at radius 3 is 2.57 bits per heavy atom. The number of ether oxygens (including phenoxy) is 1. The van der Waals surface area contributed by atoms with Crippen LogP contribution in [-0.2, 0) is 6.42 Å². The van der Waals surface area contributed by atoms with Gasteiger partial charge in [0.15, 0.2) is 0 Å². The van der Waals surface area contributed by atoms with E-state index in [1.54, 1.807) is 0 Å². The van der Waals surface area contributed by atoms with Crippen molar-refractivity contribution in [3.63, 3.8) is 0 Å². The smallest absolute Gasteiger partial charge is 0.389 e. The molecule has 7 heteroatoms. The molecule has 0 atom stereocenters. The molecule has 0 saturated heterocycles. The van der Waals surface area contributed by atoms with Gasteiger partial charge >= 0.3 is 6.18 Å². The van der Waals surface area contributed by atoms with Gasteiger partial charge in [0.2, 0.25) is 5.88 Å². The number of nitrogens with zero attached hydrogens (tertiary/aromatic N) is 2. The van der Waals surface area contributed by atoms with Crippen LogP contribution in [-0.4, -0.2) is 29.3 Å². The normalized spacial score (nSPS) is 11.5. The number of aromatic nitrogens is 2. The van der Waals surface area contributed by atoms with E-state index in [0.29, 0.717) is 11.7 Å². The predicted octanol–water partition coefficient (Wildman–Crippen LogP) is 3.97. The lowest BCUT2D eigenvalue weighted by Gasteiger charge is -2.14. The zero-order chi connectivity index (χ0) is 15.7. The lowest BCUT2D eigenvalue weighted by atomic mass is 10.1. The van der Waals surface area contributed by atoms with Crippen molar-refractivity contribution >= 4 is 5.82 Å². The van der Waals surface area contributed by atoms with Gasteiger partial charge in [0.1, 0.15) is 12.1 Å². The molecule has 0 aliphatic carbocycles. The van der Waals surface area contributed by atoms with Crippen LogP contribution >= 0.6 is 0 Å². The highest BCUT2D eigenvalue weighted by Crippen LogP contribution is 2.25. The van der Waals surface area contributed by atoms with Crippen molar-refractivity contribution in [1.29, 1.82) is 0 Å². The molecule has 1 heterocycles. The van der Waals surface area contributed by atoms with Crippen molar-refractivity contribution in [3.05, 3.63) is 11.9 Å². The number of hydrogen-bond acceptors (Lipinski definition) is 4. The third-order valence-electron chi connectivity index (χ3n) is 2.79. The number of hydrogen-bond donors (Lipinski definition) is 1. The van der Waals surface area contributed by atoms with Gasteiger partial charge in [0, 0.05) is 13.0 Å². The summed E-state index contributed by atoms with van der Waals surface area (Å²) in [5, 5.41) is 3.19. The first-order valence-corrected chi connectivity index (χ1v) is 7.25. The second-order valence-corrected chi connectivity index (χ2v) is 4.75. The number of rotatable bonds is 9. The Morgan fingerprint density at radius 2 is 1.95 bits per heavy atom. The quantitative estimate of drug-likeness (QED) is 0.701. The second-order valence-electron chi connectivity index (χ2n) is 4.75. The molecule has 1 N–H and O–H groups in total. The fourth-order valence-corrected chi connectivity index (χ4v) is 1.83. The molecule has 0 aliphatic rings. The van der Waals surface area contributed by atoms with Crippen LogP contribution in [0.4, 0.5) is 19.0 Å². The Kier molecular flexibility index (Phi) is 7.25. The Hall–Kier alpha value is -1.53. The van der Waals surface area contributed by atoms with Gasteiger partial charge in [-0.2, -0.15) is 13.2 Å². The van der Waals surface area contributed by atoms with Gasteiger partial charge in [-0.05, 0) is 19.3 Å². The lowest BCUT2D eigenvalue weighted by molar-refractivity contribution is -0.136. The molecule has 1 aromatic heterocycles. The molecule has 0 spiro atoms. The average molecular weight is 305 g/mol. The number of anilines is 1. The third kappa shape index (κ3) is 6.64. The summed E-state index contributed by atoms with van der Waals surface area (Å²) < 4.78 is 41.7. The summed E-state index contributed by atoms with van der Waals surface area (Å²) >= 11 is 0. The van der Waals surface area contributed by atoms with Gasteiger partial charge in [0.05, 0.1) is 12.2 Å². The first-order valence-electron chi connectivity index (χ1n) is 7.25. The summed E-state index contributed by atoms with van der Waals surface area (Å²) in [6.07, 6.45) is -1.13. The van der Waals surface area contributed by atoms with Gasteiger partial charge in [-0.25, -0.2) is 9.97 Å². The molecule has 1 aromatic rings. The van der Waals surface area contributed by atoms with Crippen molar-refractivity contribution in [2.45, 2.75) is 52.1 Å². The first-order chi connectivity index (χ1) is 9.98. The summed E-state index contributed by atoms with van der Waals surface area (Å²) in [6, 6.07) is 0. The maximum absolute atomic E-state index is 12.1. The van der Waals surface area contributed by atoms with Crippen molar-refractivity contribution in [1.82, 2.24) is 9.97 Å². The van der Waals surface area contributed by atoms with Gasteiger partial charge in [-0.15, -0.1) is 0 Å². The fourth-order valence-electron chi connectivity index (χ4n) is 1.83. The minimum absolute atomic E-state index is 0.000452. The van der Waals surface area contributed by atoms with E-state index >= 15 is 0 Å². The van der Waals surface area contributed by atoms with E-state index in [1.165, 1.54) is 6.33 Å². The van der Waals surface area contributed by atoms with Crippen LogP contribution in [0.3, 0.4) is 0 Å². The van der Waals surface area contributed by atoms with Gasteiger partial charge in [-0.1, -0.05) is 20.3 Å². The molecular weight excluding hydrogens is 283 g/mol. The molecule has 0 unspecified atom stereocenters. The molecule has 0 aromatic carbocycles. The summed E-state index contributed by atoms with van der Waals surface area (Å²) in [7, 11) is 0. The minimum atomic E-state index is -4.14. The highest BCUT2D eigenvalue weighted by Gasteiger charge is 2.26. The molecule has 0 saturated carbocycles. The van der Waals surface area contributed by atoms with Crippen LogP contribution < -0.4 is 10.1 Å². The van der Waals surface area contributed by atoms with Crippen molar-refractivity contribution in [3.8, 4) is 5.88 Å². The van der Waals surface area contributed by atoms with Gasteiger partial charge < -0.3 is 10.1 Å². The Labute approximate surface area is 123 Å². The van der Waals surface area contributed by atoms with E-state index in [-0.39, 0.29) is 13.0 Å². The summed E-state index contributed by atoms with van der Waals surface area (Å²) in [5.74, 6) is 1.09. The summed E-state index contributed by atoms with van der Waals surface area (Å²) in [6.45, 7) is 4.84. The first kappa shape index (κ1) is 17.5. The van der Waals surface area contributed by atoms with Crippen LogP contribution in [0.5, 0.6) is 5.88 Å². The second kappa shape index (κ2) is 8.69. The Bertz CT molecular complexity index is 424. The number of nitrogens with one attached hydrogen (secondary N) is 1. The van der Waals surface area contributed by atoms with Crippen LogP contribution in [0.2, 0.25) is 0 Å². The van der Waals surface area contributed by atoms with Gasteiger partial charge in [0.25, 0.3) is 0 Å². The fraction of sp³-hybridized carbons (Fsp3) is 0.714. The van der Waals surface area contributed by atoms with E-state index in [0.717, 1.165) is 31.4 Å². The van der Waals surface area contributed by atoms with Crippen LogP contribution in [0.25, 0.3) is 0 Å². The van der Waals surface area contributed by atoms with E-state index < -0.39 is 12.6 Å². The lowest BCUT2D eigenvalue weighted by Crippen LogP contribution is -2.12. The predicted molar refractivity (Wildman–Crippen MR) is 75.6 cm³/mol. The van der Waals surface area contributed by atoms with E-state index in [1.807, 2.05) is 13.8 Å². The van der Waals surface area contributed by atoms with Gasteiger partial charge in [-0.3, -0.25) is 0 Å². The summed E-state index contributed by atoms with van der Waals surface area (Å²) in [4.78, 5) is 8.23. The monoisotopic (exact) mass is 305 g/mol. The zero-order valence-corrected chi connectivity index (χ0v) is 12.5. The molecule has 0 amide bonds. The van der Waals surface area contributed by atoms with E-state index in [9.17, 15) is 13.2 Å². The largest absolute Gasteiger partial charge is 0.477 e. The van der Waals surface area contributed by atoms with E-state index in [4.69, 9.17) is 4.74 Å². The molecule has 120 valence electrons. The molecule has 21 heavy (non-hydrogen) atoms. The van der Waals surface area contributed by atoms with Crippen molar-refractivity contribution in [2.24, 2.45) is 0 Å². The van der Waals surface area contributed by atoms with Crippen LogP contribution in [0.15, 0.2) is 6.33 Å². The Balaban J connectivity index is 2.66. The maximum Gasteiger partial charge on any atom is 0.389 e. The molecule has 4 nitrogen and oxygen atoms in total. The highest BCUT2D eigenvalue weighted by molar-refractivity contribution is 5.48. The van der Waals surface area contributed by atoms with Crippen molar-refractivity contribution < 1.29 is 17.9 Å². The molecular formula is C14H22F3N3O. The maximum atomic E-state index is 12.1. The number of alkyl halides is 3.